The number of carbonyl (C=O) groups is 1. The molecule has 1 aromatic heterocycles. The van der Waals surface area contributed by atoms with Crippen LogP contribution in [-0.2, 0) is 0 Å². The quantitative estimate of drug-likeness (QED) is 0.824. The highest BCUT2D eigenvalue weighted by Gasteiger charge is 2.31. The molecule has 0 unspecified atom stereocenters. The smallest absolute Gasteiger partial charge is 0.394 e. The number of piperazine rings is 1. The first-order valence-corrected chi connectivity index (χ1v) is 6.35. The van der Waals surface area contributed by atoms with Crippen LogP contribution >= 0.6 is 0 Å². The van der Waals surface area contributed by atoms with E-state index in [1.807, 2.05) is 13.8 Å². The molecule has 7 nitrogen and oxygen atoms in total. The second kappa shape index (κ2) is 5.58. The van der Waals surface area contributed by atoms with Crippen molar-refractivity contribution in [1.29, 1.82) is 0 Å². The van der Waals surface area contributed by atoms with Gasteiger partial charge in [-0.15, -0.1) is 0 Å². The molecule has 19 heavy (non-hydrogen) atoms. The minimum absolute atomic E-state index is 0.103. The Bertz CT molecular complexity index is 411. The van der Waals surface area contributed by atoms with Crippen molar-refractivity contribution >= 4 is 6.09 Å². The number of aliphatic hydroxyl groups is 1. The minimum atomic E-state index is -0.370. The van der Waals surface area contributed by atoms with Gasteiger partial charge >= 0.3 is 6.09 Å². The fourth-order valence-corrected chi connectivity index (χ4v) is 2.05. The van der Waals surface area contributed by atoms with Crippen LogP contribution in [0.4, 0.5) is 4.79 Å². The first kappa shape index (κ1) is 13.8. The van der Waals surface area contributed by atoms with Gasteiger partial charge in [0.1, 0.15) is 0 Å². The number of hydrogen-bond acceptors (Lipinski definition) is 5. The summed E-state index contributed by atoms with van der Waals surface area (Å²) >= 11 is 0. The summed E-state index contributed by atoms with van der Waals surface area (Å²) in [5.41, 5.74) is -0.251. The number of nitrogens with zero attached hydrogens (tertiary/aromatic N) is 3. The molecule has 0 bridgehead atoms. The van der Waals surface area contributed by atoms with Gasteiger partial charge < -0.3 is 14.7 Å². The molecule has 0 atom stereocenters. The van der Waals surface area contributed by atoms with Crippen molar-refractivity contribution in [3.05, 3.63) is 12.3 Å². The Kier molecular flexibility index (Phi) is 4.06. The molecular formula is C12H20N4O3. The van der Waals surface area contributed by atoms with E-state index < -0.39 is 0 Å². The number of hydrogen-bond donors (Lipinski definition) is 2. The van der Waals surface area contributed by atoms with Gasteiger partial charge in [0.05, 0.1) is 12.8 Å². The maximum absolute atomic E-state index is 11.9. The van der Waals surface area contributed by atoms with Gasteiger partial charge in [0.25, 0.3) is 0 Å². The van der Waals surface area contributed by atoms with Gasteiger partial charge in [-0.1, -0.05) is 0 Å². The zero-order chi connectivity index (χ0) is 13.9. The van der Waals surface area contributed by atoms with Crippen molar-refractivity contribution in [2.75, 3.05) is 32.8 Å². The highest BCUT2D eigenvalue weighted by Crippen LogP contribution is 2.17. The lowest BCUT2D eigenvalue weighted by atomic mass is 10.0. The van der Waals surface area contributed by atoms with Crippen molar-refractivity contribution in [2.24, 2.45) is 0 Å². The number of amides is 1. The van der Waals surface area contributed by atoms with Crippen LogP contribution in [0.2, 0.25) is 0 Å². The Morgan fingerprint density at radius 2 is 2.16 bits per heavy atom. The van der Waals surface area contributed by atoms with Gasteiger partial charge in [-0.3, -0.25) is 4.90 Å². The van der Waals surface area contributed by atoms with E-state index in [0.717, 1.165) is 13.1 Å². The van der Waals surface area contributed by atoms with Crippen molar-refractivity contribution in [3.8, 4) is 5.88 Å². The Balaban J connectivity index is 1.84. The predicted molar refractivity (Wildman–Crippen MR) is 68.9 cm³/mol. The van der Waals surface area contributed by atoms with Crippen LogP contribution in [0.25, 0.3) is 0 Å². The number of aromatic nitrogens is 2. The lowest BCUT2D eigenvalue weighted by Crippen LogP contribution is -2.57. The molecule has 106 valence electrons. The Labute approximate surface area is 112 Å². The number of H-pyrrole nitrogens is 1. The SMILES string of the molecule is CC(C)(CO)N1CCN(C(=O)Oc2ccn[nH]2)CC1. The fourth-order valence-electron chi connectivity index (χ4n) is 2.05. The van der Waals surface area contributed by atoms with E-state index in [4.69, 9.17) is 4.74 Å². The molecule has 2 heterocycles. The molecule has 1 fully saturated rings. The Hall–Kier alpha value is -1.60. The summed E-state index contributed by atoms with van der Waals surface area (Å²) in [7, 11) is 0. The van der Waals surface area contributed by atoms with Crippen LogP contribution in [0.5, 0.6) is 5.88 Å². The summed E-state index contributed by atoms with van der Waals surface area (Å²) in [6, 6.07) is 1.60. The standard InChI is InChI=1S/C12H20N4O3/c1-12(2,9-17)16-7-5-15(6-8-16)11(18)19-10-3-4-13-14-10/h3-4,17H,5-9H2,1-2H3,(H,13,14). The zero-order valence-electron chi connectivity index (χ0n) is 11.3. The average molecular weight is 268 g/mol. The molecular weight excluding hydrogens is 248 g/mol. The largest absolute Gasteiger partial charge is 0.416 e. The average Bonchev–Trinajstić information content (AvgIpc) is 2.91. The summed E-state index contributed by atoms with van der Waals surface area (Å²) in [4.78, 5) is 15.7. The van der Waals surface area contributed by atoms with E-state index in [1.165, 1.54) is 6.20 Å². The highest BCUT2D eigenvalue weighted by molar-refractivity contribution is 5.70. The predicted octanol–water partition coefficient (Wildman–Crippen LogP) is 0.297. The van der Waals surface area contributed by atoms with Gasteiger partial charge in [-0.05, 0) is 13.8 Å². The number of aromatic amines is 1. The van der Waals surface area contributed by atoms with E-state index in [1.54, 1.807) is 11.0 Å². The number of nitrogens with one attached hydrogen (secondary N) is 1. The summed E-state index contributed by atoms with van der Waals surface area (Å²) in [5.74, 6) is 0.350. The third-order valence-corrected chi connectivity index (χ3v) is 3.45. The topological polar surface area (TPSA) is 81.7 Å². The molecule has 1 saturated heterocycles. The molecule has 1 aliphatic rings. The van der Waals surface area contributed by atoms with E-state index in [9.17, 15) is 9.90 Å². The molecule has 1 aliphatic heterocycles. The lowest BCUT2D eigenvalue weighted by molar-refractivity contribution is 0.0201. The van der Waals surface area contributed by atoms with Crippen LogP contribution in [0.15, 0.2) is 12.3 Å². The Morgan fingerprint density at radius 1 is 1.47 bits per heavy atom. The number of carbonyl (C=O) groups excluding carboxylic acids is 1. The first-order valence-electron chi connectivity index (χ1n) is 6.35. The summed E-state index contributed by atoms with van der Waals surface area (Å²) in [6.45, 7) is 6.73. The van der Waals surface area contributed by atoms with Crippen LogP contribution in [0, 0.1) is 0 Å². The van der Waals surface area contributed by atoms with Gasteiger partial charge in [0.2, 0.25) is 5.88 Å². The fraction of sp³-hybridized carbons (Fsp3) is 0.667. The molecule has 1 amide bonds. The Morgan fingerprint density at radius 3 is 2.68 bits per heavy atom. The third-order valence-electron chi connectivity index (χ3n) is 3.45. The molecule has 2 N–H and O–H groups in total. The third kappa shape index (κ3) is 3.24. The number of rotatable bonds is 3. The van der Waals surface area contributed by atoms with Gasteiger partial charge in [0, 0.05) is 37.8 Å². The molecule has 0 saturated carbocycles. The van der Waals surface area contributed by atoms with Crippen molar-refractivity contribution < 1.29 is 14.6 Å². The van der Waals surface area contributed by atoms with E-state index >= 15 is 0 Å². The molecule has 1 aromatic rings. The minimum Gasteiger partial charge on any atom is -0.394 e. The number of ether oxygens (including phenoxy) is 1. The maximum Gasteiger partial charge on any atom is 0.416 e. The summed E-state index contributed by atoms with van der Waals surface area (Å²) in [5, 5.41) is 15.6. The molecule has 0 spiro atoms. The van der Waals surface area contributed by atoms with Crippen molar-refractivity contribution in [3.63, 3.8) is 0 Å². The van der Waals surface area contributed by atoms with Crippen molar-refractivity contribution in [1.82, 2.24) is 20.0 Å². The molecule has 0 radical (unpaired) electrons. The summed E-state index contributed by atoms with van der Waals surface area (Å²) < 4.78 is 5.14. The number of aliphatic hydroxyl groups excluding tert-OH is 1. The molecule has 0 aromatic carbocycles. The molecule has 0 aliphatic carbocycles. The summed E-state index contributed by atoms with van der Waals surface area (Å²) in [6.07, 6.45) is 1.16. The monoisotopic (exact) mass is 268 g/mol. The van der Waals surface area contributed by atoms with Crippen molar-refractivity contribution in [2.45, 2.75) is 19.4 Å². The zero-order valence-corrected chi connectivity index (χ0v) is 11.3. The lowest BCUT2D eigenvalue weighted by Gasteiger charge is -2.42. The van der Waals surface area contributed by atoms with Gasteiger partial charge in [-0.25, -0.2) is 9.89 Å². The van der Waals surface area contributed by atoms with Gasteiger partial charge in [-0.2, -0.15) is 5.10 Å². The second-order valence-electron chi connectivity index (χ2n) is 5.23. The molecule has 7 heteroatoms. The first-order chi connectivity index (χ1) is 9.03. The van der Waals surface area contributed by atoms with E-state index in [0.29, 0.717) is 19.0 Å². The maximum atomic E-state index is 11.9. The second-order valence-corrected chi connectivity index (χ2v) is 5.23. The van der Waals surface area contributed by atoms with E-state index in [-0.39, 0.29) is 18.2 Å². The van der Waals surface area contributed by atoms with E-state index in [2.05, 4.69) is 15.1 Å². The van der Waals surface area contributed by atoms with Gasteiger partial charge in [0.15, 0.2) is 0 Å². The normalized spacial score (nSPS) is 17.5. The highest BCUT2D eigenvalue weighted by atomic mass is 16.6. The van der Waals surface area contributed by atoms with Crippen LogP contribution in [0.1, 0.15) is 13.8 Å². The van der Waals surface area contributed by atoms with Crippen LogP contribution < -0.4 is 4.74 Å². The van der Waals surface area contributed by atoms with Crippen LogP contribution in [-0.4, -0.2) is 69.5 Å². The van der Waals surface area contributed by atoms with Crippen LogP contribution in [0.3, 0.4) is 0 Å². The molecule has 2 rings (SSSR count).